The number of nitrogens with zero attached hydrogens (tertiary/aromatic N) is 3. The molecule has 0 atom stereocenters. The van der Waals surface area contributed by atoms with Crippen LogP contribution in [0, 0.1) is 0 Å². The molecule has 0 heterocycles. The van der Waals surface area contributed by atoms with Crippen LogP contribution in [0.1, 0.15) is 27.2 Å². The number of carbonyl (C=O) groups is 1. The van der Waals surface area contributed by atoms with E-state index in [-0.39, 0.29) is 12.4 Å². The van der Waals surface area contributed by atoms with E-state index in [1.54, 1.807) is 0 Å². The maximum absolute atomic E-state index is 11.6. The molecule has 54 heavy (non-hydrogen) atoms. The molecule has 19 nitrogen and oxygen atoms in total. The Bertz CT molecular complexity index is 822. The molecule has 0 aliphatic heterocycles. The van der Waals surface area contributed by atoms with Crippen LogP contribution in [0.15, 0.2) is 5.11 Å². The molecule has 0 spiro atoms. The average molecular weight is 788 g/mol. The molecule has 0 bridgehead atoms. The molecule has 320 valence electrons. The van der Waals surface area contributed by atoms with Gasteiger partial charge in [-0.2, -0.15) is 0 Å². The van der Waals surface area contributed by atoms with Crippen molar-refractivity contribution >= 4 is 5.97 Å². The van der Waals surface area contributed by atoms with E-state index >= 15 is 0 Å². The first kappa shape index (κ1) is 52.2. The predicted molar refractivity (Wildman–Crippen MR) is 196 cm³/mol. The Hall–Kier alpha value is -1.78. The standard InChI is InChI=1S/C35H69N3O16/c1-35(2,3)54-34(39)4-6-40-8-10-42-12-14-44-16-18-46-20-22-48-24-26-50-28-30-52-32-33-53-31-29-51-27-25-49-23-21-47-19-17-45-15-13-43-11-9-41-7-5-37-38-36/h4-33H2,1-3H3. The molecule has 0 aromatic carbocycles. The van der Waals surface area contributed by atoms with Gasteiger partial charge in [0.05, 0.1) is 191 Å². The molecule has 19 heteroatoms. The van der Waals surface area contributed by atoms with Crippen molar-refractivity contribution in [1.29, 1.82) is 0 Å². The molecule has 0 aliphatic rings. The highest BCUT2D eigenvalue weighted by Gasteiger charge is 2.15. The van der Waals surface area contributed by atoms with Crippen LogP contribution >= 0.6 is 0 Å². The van der Waals surface area contributed by atoms with Gasteiger partial charge in [-0.1, -0.05) is 5.11 Å². The molecule has 0 aliphatic carbocycles. The molecule has 0 aromatic heterocycles. The number of rotatable bonds is 45. The first-order valence-corrected chi connectivity index (χ1v) is 18.8. The summed E-state index contributed by atoms with van der Waals surface area (Å²) in [5, 5.41) is 3.37. The van der Waals surface area contributed by atoms with Crippen LogP contribution in [0.5, 0.6) is 0 Å². The molecule has 0 saturated carbocycles. The van der Waals surface area contributed by atoms with Gasteiger partial charge in [-0.05, 0) is 26.3 Å². The fourth-order valence-corrected chi connectivity index (χ4v) is 3.66. The molecule has 0 radical (unpaired) electrons. The van der Waals surface area contributed by atoms with Crippen LogP contribution in [0.4, 0.5) is 0 Å². The Balaban J connectivity index is 3.10. The number of carbonyl (C=O) groups excluding carboxylic acids is 1. The minimum atomic E-state index is -0.479. The fraction of sp³-hybridized carbons (Fsp3) is 0.971. The highest BCUT2D eigenvalue weighted by molar-refractivity contribution is 5.69. The highest BCUT2D eigenvalue weighted by Crippen LogP contribution is 2.08. The second kappa shape index (κ2) is 43.9. The first-order valence-electron chi connectivity index (χ1n) is 18.8. The third-order valence-corrected chi connectivity index (χ3v) is 6.11. The predicted octanol–water partition coefficient (Wildman–Crippen LogP) is 2.26. The lowest BCUT2D eigenvalue weighted by atomic mass is 10.2. The van der Waals surface area contributed by atoms with E-state index in [9.17, 15) is 4.79 Å². The molecule has 0 unspecified atom stereocenters. The van der Waals surface area contributed by atoms with Gasteiger partial charge >= 0.3 is 5.97 Å². The summed E-state index contributed by atoms with van der Waals surface area (Å²) in [7, 11) is 0. The Kier molecular flexibility index (Phi) is 42.5. The van der Waals surface area contributed by atoms with Gasteiger partial charge in [0.1, 0.15) is 5.60 Å². The second-order valence-electron chi connectivity index (χ2n) is 11.9. The van der Waals surface area contributed by atoms with E-state index in [1.807, 2.05) is 20.8 Å². The SMILES string of the molecule is CC(C)(C)OC(=O)CCOCCOCCOCCOCCOCCOCCOCCOCCOCCOCCOCCOCCOCCOCCN=[N+]=[N-]. The normalized spacial score (nSPS) is 11.6. The largest absolute Gasteiger partial charge is 0.460 e. The van der Waals surface area contributed by atoms with Crippen LogP contribution in [0.25, 0.3) is 10.4 Å². The minimum Gasteiger partial charge on any atom is -0.460 e. The summed E-state index contributed by atoms with van der Waals surface area (Å²) in [6, 6.07) is 0. The molecule has 0 N–H and O–H groups in total. The quantitative estimate of drug-likeness (QED) is 0.0285. The zero-order chi connectivity index (χ0) is 39.3. The lowest BCUT2D eigenvalue weighted by Crippen LogP contribution is -2.24. The number of hydrogen-bond acceptors (Lipinski definition) is 17. The summed E-state index contributed by atoms with van der Waals surface area (Å²) in [5.41, 5.74) is 7.67. The Morgan fingerprint density at radius 1 is 0.389 bits per heavy atom. The smallest absolute Gasteiger partial charge is 0.308 e. The summed E-state index contributed by atoms with van der Waals surface area (Å²) in [4.78, 5) is 14.2. The van der Waals surface area contributed by atoms with E-state index in [0.29, 0.717) is 192 Å². The lowest BCUT2D eigenvalue weighted by molar-refractivity contribution is -0.156. The van der Waals surface area contributed by atoms with Crippen molar-refractivity contribution in [1.82, 2.24) is 0 Å². The average Bonchev–Trinajstić information content (AvgIpc) is 3.14. The van der Waals surface area contributed by atoms with E-state index < -0.39 is 5.60 Å². The van der Waals surface area contributed by atoms with Crippen LogP contribution in [-0.4, -0.2) is 203 Å². The van der Waals surface area contributed by atoms with Gasteiger partial charge in [0.2, 0.25) is 0 Å². The topological polar surface area (TPSA) is 204 Å². The lowest BCUT2D eigenvalue weighted by Gasteiger charge is -2.19. The third-order valence-electron chi connectivity index (χ3n) is 6.11. The Morgan fingerprint density at radius 3 is 0.796 bits per heavy atom. The van der Waals surface area contributed by atoms with Gasteiger partial charge in [-0.25, -0.2) is 0 Å². The molecule has 0 saturated heterocycles. The van der Waals surface area contributed by atoms with Crippen molar-refractivity contribution in [2.45, 2.75) is 32.8 Å². The zero-order valence-corrected chi connectivity index (χ0v) is 33.1. The summed E-state index contributed by atoms with van der Waals surface area (Å²) < 4.78 is 81.3. The minimum absolute atomic E-state index is 0.227. The molecule has 0 rings (SSSR count). The van der Waals surface area contributed by atoms with Crippen molar-refractivity contribution in [2.75, 3.05) is 192 Å². The summed E-state index contributed by atoms with van der Waals surface area (Å²) in [5.74, 6) is -0.269. The maximum Gasteiger partial charge on any atom is 0.308 e. The van der Waals surface area contributed by atoms with Crippen LogP contribution < -0.4 is 0 Å². The number of esters is 1. The van der Waals surface area contributed by atoms with Gasteiger partial charge in [-0.3, -0.25) is 4.79 Å². The van der Waals surface area contributed by atoms with Crippen molar-refractivity contribution in [3.05, 3.63) is 10.4 Å². The zero-order valence-electron chi connectivity index (χ0n) is 33.1. The van der Waals surface area contributed by atoms with Gasteiger partial charge in [-0.15, -0.1) is 0 Å². The van der Waals surface area contributed by atoms with Crippen molar-refractivity contribution in [2.24, 2.45) is 5.11 Å². The van der Waals surface area contributed by atoms with E-state index in [4.69, 9.17) is 76.6 Å². The summed E-state index contributed by atoms with van der Waals surface area (Å²) in [6.45, 7) is 18.9. The Labute approximate surface area is 321 Å². The van der Waals surface area contributed by atoms with E-state index in [1.165, 1.54) is 0 Å². The molecular weight excluding hydrogens is 718 g/mol. The molecule has 0 amide bonds. The maximum atomic E-state index is 11.6. The molecule has 0 fully saturated rings. The second-order valence-corrected chi connectivity index (χ2v) is 11.9. The number of hydrogen-bond donors (Lipinski definition) is 0. The van der Waals surface area contributed by atoms with Gasteiger partial charge < -0.3 is 71.1 Å². The van der Waals surface area contributed by atoms with Gasteiger partial charge in [0, 0.05) is 11.5 Å². The fourth-order valence-electron chi connectivity index (χ4n) is 3.66. The van der Waals surface area contributed by atoms with Gasteiger partial charge in [0.15, 0.2) is 0 Å². The third kappa shape index (κ3) is 48.2. The van der Waals surface area contributed by atoms with Crippen molar-refractivity contribution in [3.63, 3.8) is 0 Å². The Morgan fingerprint density at radius 2 is 0.593 bits per heavy atom. The van der Waals surface area contributed by atoms with Crippen molar-refractivity contribution in [3.8, 4) is 0 Å². The van der Waals surface area contributed by atoms with E-state index in [2.05, 4.69) is 10.0 Å². The number of azide groups is 1. The summed E-state index contributed by atoms with van der Waals surface area (Å²) >= 11 is 0. The monoisotopic (exact) mass is 787 g/mol. The molecular formula is C35H69N3O16. The number of ether oxygens (including phenoxy) is 15. The first-order chi connectivity index (χ1) is 26.5. The van der Waals surface area contributed by atoms with Crippen LogP contribution in [0.2, 0.25) is 0 Å². The van der Waals surface area contributed by atoms with Crippen LogP contribution in [0.3, 0.4) is 0 Å². The van der Waals surface area contributed by atoms with Crippen molar-refractivity contribution < 1.29 is 75.8 Å². The van der Waals surface area contributed by atoms with Crippen LogP contribution in [-0.2, 0) is 75.8 Å². The van der Waals surface area contributed by atoms with Gasteiger partial charge in [0.25, 0.3) is 0 Å². The van der Waals surface area contributed by atoms with E-state index in [0.717, 1.165) is 0 Å². The molecule has 0 aromatic rings. The summed E-state index contributed by atoms with van der Waals surface area (Å²) in [6.07, 6.45) is 0.227. The highest BCUT2D eigenvalue weighted by atomic mass is 16.6.